The lowest BCUT2D eigenvalue weighted by atomic mass is 9.70. The average Bonchev–Trinajstić information content (AvgIpc) is 3.26. The van der Waals surface area contributed by atoms with Crippen LogP contribution < -0.4 is 9.64 Å². The molecule has 1 aliphatic heterocycles. The number of nitrogens with zero attached hydrogens (tertiary/aromatic N) is 3. The first kappa shape index (κ1) is 24.4. The van der Waals surface area contributed by atoms with Gasteiger partial charge in [-0.2, -0.15) is 4.98 Å². The van der Waals surface area contributed by atoms with Gasteiger partial charge in [-0.05, 0) is 69.7 Å². The van der Waals surface area contributed by atoms with Crippen molar-refractivity contribution in [1.29, 1.82) is 0 Å². The normalized spacial score (nSPS) is 21.1. The molecule has 0 atom stereocenters. The number of aromatic nitrogens is 3. The van der Waals surface area contributed by atoms with E-state index in [9.17, 15) is 9.90 Å². The molecule has 36 heavy (non-hydrogen) atoms. The van der Waals surface area contributed by atoms with Gasteiger partial charge in [0.05, 0.1) is 35.4 Å². The van der Waals surface area contributed by atoms with Crippen LogP contribution in [0.25, 0.3) is 22.4 Å². The number of carboxylic acids is 1. The van der Waals surface area contributed by atoms with Crippen LogP contribution in [-0.2, 0) is 9.53 Å². The van der Waals surface area contributed by atoms with E-state index >= 15 is 8.78 Å². The van der Waals surface area contributed by atoms with E-state index in [0.717, 1.165) is 25.7 Å². The van der Waals surface area contributed by atoms with Crippen molar-refractivity contribution in [1.82, 2.24) is 15.0 Å². The number of hydrogen-bond donors (Lipinski definition) is 2. The molecule has 2 N–H and O–H groups in total. The summed E-state index contributed by atoms with van der Waals surface area (Å²) in [5.41, 5.74) is 0.573. The summed E-state index contributed by atoms with van der Waals surface area (Å²) >= 11 is 0. The second-order valence-corrected chi connectivity index (χ2v) is 10.1. The summed E-state index contributed by atoms with van der Waals surface area (Å²) in [6.07, 6.45) is 2.87. The van der Waals surface area contributed by atoms with E-state index < -0.39 is 23.0 Å². The molecule has 3 aromatic rings. The van der Waals surface area contributed by atoms with Crippen LogP contribution in [0.4, 0.5) is 14.5 Å². The standard InChI is InChI=1S/C26H30F2N4O4/c1-26(2,24(33)34)15-3-5-17(6-4-15)36-25-30-21-8-7-20(29-23(21)31-25)22-18(27)13-16(14-19(22)28)32-9-11-35-12-10-32/h7-8,13-15,17H,3-6,9-12H2,1-2H3,(H,33,34)(H,29,30,31). The van der Waals surface area contributed by atoms with Crippen molar-refractivity contribution >= 4 is 22.8 Å². The smallest absolute Gasteiger partial charge is 0.309 e. The minimum Gasteiger partial charge on any atom is -0.481 e. The molecule has 10 heteroatoms. The van der Waals surface area contributed by atoms with Gasteiger partial charge in [0.1, 0.15) is 17.7 Å². The Morgan fingerprint density at radius 1 is 1.11 bits per heavy atom. The number of pyridine rings is 1. The predicted octanol–water partition coefficient (Wildman–Crippen LogP) is 4.79. The van der Waals surface area contributed by atoms with Crippen molar-refractivity contribution < 1.29 is 28.2 Å². The Bertz CT molecular complexity index is 1240. The summed E-state index contributed by atoms with van der Waals surface area (Å²) in [5.74, 6) is -2.06. The molecule has 2 aliphatic rings. The number of halogens is 2. The first-order valence-corrected chi connectivity index (χ1v) is 12.3. The maximum absolute atomic E-state index is 15.0. The fraction of sp³-hybridized carbons (Fsp3) is 0.500. The number of aliphatic carboxylic acids is 1. The molecule has 192 valence electrons. The van der Waals surface area contributed by atoms with Gasteiger partial charge in [0.25, 0.3) is 6.01 Å². The number of hydrogen-bond acceptors (Lipinski definition) is 6. The highest BCUT2D eigenvalue weighted by molar-refractivity contribution is 5.77. The monoisotopic (exact) mass is 500 g/mol. The fourth-order valence-electron chi connectivity index (χ4n) is 5.11. The molecule has 2 aromatic heterocycles. The lowest BCUT2D eigenvalue weighted by Gasteiger charge is -2.36. The first-order chi connectivity index (χ1) is 17.2. The number of aromatic amines is 1. The van der Waals surface area contributed by atoms with Crippen LogP contribution in [0.1, 0.15) is 39.5 Å². The molecule has 3 heterocycles. The highest BCUT2D eigenvalue weighted by atomic mass is 19.1. The van der Waals surface area contributed by atoms with Crippen LogP contribution in [-0.4, -0.2) is 58.4 Å². The minimum absolute atomic E-state index is 0.0894. The number of morpholine rings is 1. The Kier molecular flexibility index (Phi) is 6.55. The van der Waals surface area contributed by atoms with Gasteiger partial charge < -0.3 is 24.5 Å². The topological polar surface area (TPSA) is 101 Å². The van der Waals surface area contributed by atoms with Crippen molar-refractivity contribution in [3.63, 3.8) is 0 Å². The van der Waals surface area contributed by atoms with Gasteiger partial charge in [0.2, 0.25) is 0 Å². The van der Waals surface area contributed by atoms with E-state index in [2.05, 4.69) is 15.0 Å². The van der Waals surface area contributed by atoms with E-state index in [4.69, 9.17) is 9.47 Å². The van der Waals surface area contributed by atoms with Gasteiger partial charge in [0.15, 0.2) is 5.65 Å². The number of carboxylic acid groups (broad SMARTS) is 1. The Morgan fingerprint density at radius 2 is 1.78 bits per heavy atom. The first-order valence-electron chi connectivity index (χ1n) is 12.3. The summed E-state index contributed by atoms with van der Waals surface area (Å²) in [4.78, 5) is 25.3. The Morgan fingerprint density at radius 3 is 2.42 bits per heavy atom. The molecule has 0 unspecified atom stereocenters. The van der Waals surface area contributed by atoms with Crippen LogP contribution in [0, 0.1) is 23.0 Å². The van der Waals surface area contributed by atoms with Crippen LogP contribution in [0.5, 0.6) is 6.01 Å². The molecular weight excluding hydrogens is 470 g/mol. The summed E-state index contributed by atoms with van der Waals surface area (Å²) in [5, 5.41) is 9.48. The van der Waals surface area contributed by atoms with Crippen molar-refractivity contribution in [3.8, 4) is 17.3 Å². The molecule has 8 nitrogen and oxygen atoms in total. The SMILES string of the molecule is CC(C)(C(=O)O)C1CCC(Oc2nc3nc(-c4c(F)cc(N5CCOCC5)cc4F)ccc3[nH]2)CC1. The molecule has 1 aromatic carbocycles. The maximum atomic E-state index is 15.0. The molecule has 1 aliphatic carbocycles. The van der Waals surface area contributed by atoms with Gasteiger partial charge >= 0.3 is 5.97 Å². The van der Waals surface area contributed by atoms with E-state index in [1.54, 1.807) is 26.0 Å². The zero-order chi connectivity index (χ0) is 25.4. The van der Waals surface area contributed by atoms with Crippen molar-refractivity contribution in [2.75, 3.05) is 31.2 Å². The molecule has 1 saturated carbocycles. The highest BCUT2D eigenvalue weighted by Gasteiger charge is 2.39. The summed E-state index contributed by atoms with van der Waals surface area (Å²) < 4.78 is 41.3. The van der Waals surface area contributed by atoms with Gasteiger partial charge in [-0.1, -0.05) is 0 Å². The zero-order valence-corrected chi connectivity index (χ0v) is 20.4. The largest absolute Gasteiger partial charge is 0.481 e. The third-order valence-corrected chi connectivity index (χ3v) is 7.51. The van der Waals surface area contributed by atoms with Crippen molar-refractivity contribution in [2.24, 2.45) is 11.3 Å². The molecule has 0 amide bonds. The highest BCUT2D eigenvalue weighted by Crippen LogP contribution is 2.39. The predicted molar refractivity (Wildman–Crippen MR) is 130 cm³/mol. The minimum atomic E-state index is -0.783. The van der Waals surface area contributed by atoms with Gasteiger partial charge in [0, 0.05) is 18.8 Å². The molecule has 1 saturated heterocycles. The van der Waals surface area contributed by atoms with E-state index in [1.807, 2.05) is 4.90 Å². The molecule has 0 spiro atoms. The van der Waals surface area contributed by atoms with Gasteiger partial charge in [-0.25, -0.2) is 13.8 Å². The summed E-state index contributed by atoms with van der Waals surface area (Å²) in [6, 6.07) is 6.19. The summed E-state index contributed by atoms with van der Waals surface area (Å²) in [7, 11) is 0. The average molecular weight is 501 g/mol. The third kappa shape index (κ3) is 4.74. The number of nitrogens with one attached hydrogen (secondary N) is 1. The van der Waals surface area contributed by atoms with E-state index in [1.165, 1.54) is 12.1 Å². The number of ether oxygens (including phenoxy) is 2. The van der Waals surface area contributed by atoms with Crippen LogP contribution in [0.3, 0.4) is 0 Å². The molecule has 0 radical (unpaired) electrons. The number of rotatable bonds is 6. The molecule has 5 rings (SSSR count). The number of carbonyl (C=O) groups is 1. The van der Waals surface area contributed by atoms with Crippen LogP contribution in [0.2, 0.25) is 0 Å². The third-order valence-electron chi connectivity index (χ3n) is 7.51. The number of benzene rings is 1. The fourth-order valence-corrected chi connectivity index (χ4v) is 5.11. The number of H-pyrrole nitrogens is 1. The van der Waals surface area contributed by atoms with Crippen molar-refractivity contribution in [3.05, 3.63) is 35.9 Å². The Labute approximate surface area is 207 Å². The lowest BCUT2D eigenvalue weighted by molar-refractivity contribution is -0.151. The van der Waals surface area contributed by atoms with Gasteiger partial charge in [-0.15, -0.1) is 0 Å². The molecular formula is C26H30F2N4O4. The number of imidazole rings is 1. The maximum Gasteiger partial charge on any atom is 0.309 e. The van der Waals surface area contributed by atoms with Crippen LogP contribution in [0.15, 0.2) is 24.3 Å². The van der Waals surface area contributed by atoms with Crippen LogP contribution >= 0.6 is 0 Å². The Hall–Kier alpha value is -3.27. The molecule has 2 fully saturated rings. The van der Waals surface area contributed by atoms with Crippen molar-refractivity contribution in [2.45, 2.75) is 45.6 Å². The number of anilines is 1. The summed E-state index contributed by atoms with van der Waals surface area (Å²) in [6.45, 7) is 5.75. The second kappa shape index (κ2) is 9.65. The molecule has 0 bridgehead atoms. The van der Waals surface area contributed by atoms with E-state index in [0.29, 0.717) is 49.2 Å². The van der Waals surface area contributed by atoms with E-state index in [-0.39, 0.29) is 23.3 Å². The quantitative estimate of drug-likeness (QED) is 0.502. The number of fused-ring (bicyclic) bond motifs is 1. The Balaban J connectivity index is 1.31. The van der Waals surface area contributed by atoms with Gasteiger partial charge in [-0.3, -0.25) is 4.79 Å². The second-order valence-electron chi connectivity index (χ2n) is 10.1. The zero-order valence-electron chi connectivity index (χ0n) is 20.4. The lowest BCUT2D eigenvalue weighted by Crippen LogP contribution is -2.37.